The molecule has 0 N–H and O–H groups in total. The van der Waals surface area contributed by atoms with Crippen LogP contribution >= 0.6 is 0 Å². The van der Waals surface area contributed by atoms with Crippen LogP contribution in [-0.2, 0) is 29.6 Å². The van der Waals surface area contributed by atoms with Crippen molar-refractivity contribution in [3.05, 3.63) is 113 Å². The van der Waals surface area contributed by atoms with E-state index in [1.165, 1.54) is 50.3 Å². The van der Waals surface area contributed by atoms with Crippen molar-refractivity contribution >= 4 is 17.1 Å². The summed E-state index contributed by atoms with van der Waals surface area (Å²) in [6, 6.07) is 31.7. The number of fused-ring (bicyclic) bond motifs is 3. The first-order valence-corrected chi connectivity index (χ1v) is 12.7. The highest BCUT2D eigenvalue weighted by Crippen LogP contribution is 2.51. The molecular formula is C33H35NO. The molecule has 0 saturated heterocycles. The first-order valence-electron chi connectivity index (χ1n) is 12.7. The Morgan fingerprint density at radius 3 is 1.66 bits per heavy atom. The maximum Gasteiger partial charge on any atom is 0.0713 e. The van der Waals surface area contributed by atoms with Crippen molar-refractivity contribution in [3.8, 4) is 11.1 Å². The Morgan fingerprint density at radius 2 is 1.09 bits per heavy atom. The molecule has 0 fully saturated rings. The summed E-state index contributed by atoms with van der Waals surface area (Å²) in [7, 11) is 1.74. The predicted molar refractivity (Wildman–Crippen MR) is 148 cm³/mol. The summed E-state index contributed by atoms with van der Waals surface area (Å²) >= 11 is 0. The number of rotatable bonds is 7. The van der Waals surface area contributed by atoms with Gasteiger partial charge in [0, 0.05) is 29.6 Å². The second-order valence-electron chi connectivity index (χ2n) is 10.0. The van der Waals surface area contributed by atoms with Gasteiger partial charge in [-0.3, -0.25) is 0 Å². The minimum atomic E-state index is -0.0358. The van der Waals surface area contributed by atoms with Gasteiger partial charge in [-0.15, -0.1) is 0 Å². The number of benzene rings is 4. The van der Waals surface area contributed by atoms with Crippen molar-refractivity contribution in [1.29, 1.82) is 0 Å². The van der Waals surface area contributed by atoms with Gasteiger partial charge in [0.2, 0.25) is 0 Å². The Morgan fingerprint density at radius 1 is 0.600 bits per heavy atom. The van der Waals surface area contributed by atoms with Crippen LogP contribution in [0.1, 0.15) is 55.5 Å². The standard InChI is InChI=1S/C33H35NO/c1-6-23-8-13-26(14-9-23)34(27-15-10-25(11-16-27)22-35-5)28-17-19-30-29-18-12-24(7-2)20-31(29)33(3,4)32(30)21-28/h8-21H,6-7,22H2,1-5H3. The third-order valence-electron chi connectivity index (χ3n) is 7.50. The zero-order valence-corrected chi connectivity index (χ0v) is 21.6. The second-order valence-corrected chi connectivity index (χ2v) is 10.0. The molecule has 1 aliphatic rings. The van der Waals surface area contributed by atoms with Crippen molar-refractivity contribution in [3.63, 3.8) is 0 Å². The monoisotopic (exact) mass is 461 g/mol. The van der Waals surface area contributed by atoms with Gasteiger partial charge < -0.3 is 9.64 Å². The normalized spacial score (nSPS) is 13.4. The Labute approximate surface area is 210 Å². The van der Waals surface area contributed by atoms with Crippen LogP contribution in [-0.4, -0.2) is 7.11 Å². The Kier molecular flexibility index (Phi) is 6.25. The molecule has 0 unspecified atom stereocenters. The number of hydrogen-bond acceptors (Lipinski definition) is 2. The maximum absolute atomic E-state index is 5.33. The molecule has 178 valence electrons. The SMILES string of the molecule is CCc1ccc(N(c2ccc(COC)cc2)c2ccc3c(c2)C(C)(C)c2cc(CC)ccc2-3)cc1. The summed E-state index contributed by atoms with van der Waals surface area (Å²) in [5, 5.41) is 0. The lowest BCUT2D eigenvalue weighted by atomic mass is 9.81. The topological polar surface area (TPSA) is 12.5 Å². The number of nitrogens with zero attached hydrogens (tertiary/aromatic N) is 1. The van der Waals surface area contributed by atoms with Gasteiger partial charge in [-0.25, -0.2) is 0 Å². The summed E-state index contributed by atoms with van der Waals surface area (Å²) in [5.41, 5.74) is 12.9. The van der Waals surface area contributed by atoms with Crippen molar-refractivity contribution in [1.82, 2.24) is 0 Å². The highest BCUT2D eigenvalue weighted by Gasteiger charge is 2.36. The van der Waals surface area contributed by atoms with E-state index in [-0.39, 0.29) is 5.41 Å². The lowest BCUT2D eigenvalue weighted by Crippen LogP contribution is -2.17. The molecule has 4 aromatic carbocycles. The summed E-state index contributed by atoms with van der Waals surface area (Å²) in [5.74, 6) is 0. The first kappa shape index (κ1) is 23.4. The fraction of sp³-hybridized carbons (Fsp3) is 0.273. The van der Waals surface area contributed by atoms with Crippen molar-refractivity contribution in [2.75, 3.05) is 12.0 Å². The number of hydrogen-bond donors (Lipinski definition) is 0. The summed E-state index contributed by atoms with van der Waals surface area (Å²) in [6.45, 7) is 9.78. The van der Waals surface area contributed by atoms with E-state index in [1.807, 2.05) is 0 Å². The van der Waals surface area contributed by atoms with Gasteiger partial charge in [0.15, 0.2) is 0 Å². The van der Waals surface area contributed by atoms with Crippen LogP contribution in [0.3, 0.4) is 0 Å². The molecular weight excluding hydrogens is 426 g/mol. The van der Waals surface area contributed by atoms with Crippen LogP contribution in [0.2, 0.25) is 0 Å². The van der Waals surface area contributed by atoms with E-state index >= 15 is 0 Å². The van der Waals surface area contributed by atoms with E-state index in [1.54, 1.807) is 7.11 Å². The zero-order chi connectivity index (χ0) is 24.6. The lowest BCUT2D eigenvalue weighted by molar-refractivity contribution is 0.185. The summed E-state index contributed by atoms with van der Waals surface area (Å²) in [6.07, 6.45) is 2.10. The highest BCUT2D eigenvalue weighted by atomic mass is 16.5. The highest BCUT2D eigenvalue weighted by molar-refractivity contribution is 5.85. The lowest BCUT2D eigenvalue weighted by Gasteiger charge is -2.28. The van der Waals surface area contributed by atoms with Gasteiger partial charge >= 0.3 is 0 Å². The van der Waals surface area contributed by atoms with Crippen LogP contribution < -0.4 is 4.90 Å². The fourth-order valence-electron chi connectivity index (χ4n) is 5.37. The molecule has 0 heterocycles. The molecule has 2 heteroatoms. The minimum Gasteiger partial charge on any atom is -0.380 e. The molecule has 0 spiro atoms. The van der Waals surface area contributed by atoms with Crippen LogP contribution in [0.15, 0.2) is 84.9 Å². The van der Waals surface area contributed by atoms with E-state index in [0.29, 0.717) is 6.61 Å². The first-order chi connectivity index (χ1) is 17.0. The van der Waals surface area contributed by atoms with Crippen LogP contribution in [0.4, 0.5) is 17.1 Å². The number of ether oxygens (including phenoxy) is 1. The summed E-state index contributed by atoms with van der Waals surface area (Å²) in [4.78, 5) is 2.37. The third kappa shape index (κ3) is 4.17. The quantitative estimate of drug-likeness (QED) is 0.273. The Balaban J connectivity index is 1.63. The molecule has 1 aliphatic carbocycles. The second kappa shape index (κ2) is 9.36. The van der Waals surface area contributed by atoms with Gasteiger partial charge in [0.25, 0.3) is 0 Å². The smallest absolute Gasteiger partial charge is 0.0713 e. The molecule has 2 nitrogen and oxygen atoms in total. The Hall–Kier alpha value is -3.36. The van der Waals surface area contributed by atoms with Crippen molar-refractivity contribution in [2.24, 2.45) is 0 Å². The van der Waals surface area contributed by atoms with Crippen molar-refractivity contribution < 1.29 is 4.74 Å². The fourth-order valence-corrected chi connectivity index (χ4v) is 5.37. The average molecular weight is 462 g/mol. The molecule has 0 amide bonds. The maximum atomic E-state index is 5.33. The molecule has 5 rings (SSSR count). The molecule has 0 bridgehead atoms. The third-order valence-corrected chi connectivity index (χ3v) is 7.50. The largest absolute Gasteiger partial charge is 0.380 e. The zero-order valence-electron chi connectivity index (χ0n) is 21.6. The molecule has 0 atom stereocenters. The van der Waals surface area contributed by atoms with Crippen molar-refractivity contribution in [2.45, 2.75) is 52.6 Å². The molecule has 35 heavy (non-hydrogen) atoms. The molecule has 0 aliphatic heterocycles. The van der Waals surface area contributed by atoms with Gasteiger partial charge in [0.1, 0.15) is 0 Å². The Bertz CT molecular complexity index is 1330. The summed E-state index contributed by atoms with van der Waals surface area (Å²) < 4.78 is 5.33. The van der Waals surface area contributed by atoms with E-state index in [2.05, 4.69) is 118 Å². The molecule has 0 aromatic heterocycles. The van der Waals surface area contributed by atoms with E-state index in [9.17, 15) is 0 Å². The van der Waals surface area contributed by atoms with Gasteiger partial charge in [-0.05, 0) is 88.2 Å². The van der Waals surface area contributed by atoms with Crippen LogP contribution in [0.5, 0.6) is 0 Å². The van der Waals surface area contributed by atoms with Crippen LogP contribution in [0.25, 0.3) is 11.1 Å². The predicted octanol–water partition coefficient (Wildman–Crippen LogP) is 8.73. The van der Waals surface area contributed by atoms with E-state index in [4.69, 9.17) is 4.74 Å². The van der Waals surface area contributed by atoms with E-state index in [0.717, 1.165) is 18.5 Å². The van der Waals surface area contributed by atoms with Gasteiger partial charge in [-0.1, -0.05) is 76.2 Å². The van der Waals surface area contributed by atoms with Crippen LogP contribution in [0, 0.1) is 0 Å². The number of methoxy groups -OCH3 is 1. The van der Waals surface area contributed by atoms with Gasteiger partial charge in [0.05, 0.1) is 6.61 Å². The number of anilines is 3. The van der Waals surface area contributed by atoms with E-state index < -0.39 is 0 Å². The number of aryl methyl sites for hydroxylation is 2. The van der Waals surface area contributed by atoms with Gasteiger partial charge in [-0.2, -0.15) is 0 Å². The minimum absolute atomic E-state index is 0.0358. The molecule has 0 saturated carbocycles. The molecule has 4 aromatic rings. The molecule has 0 radical (unpaired) electrons. The average Bonchev–Trinajstić information content (AvgIpc) is 3.11.